The van der Waals surface area contributed by atoms with E-state index in [0.717, 1.165) is 27.6 Å². The molecule has 0 amide bonds. The molecule has 0 saturated heterocycles. The normalized spacial score (nSPS) is 15.5. The fourth-order valence-electron chi connectivity index (χ4n) is 1.76. The van der Waals surface area contributed by atoms with Gasteiger partial charge in [0.05, 0.1) is 20.8 Å². The van der Waals surface area contributed by atoms with Crippen molar-refractivity contribution >= 4 is 27.5 Å². The summed E-state index contributed by atoms with van der Waals surface area (Å²) in [4.78, 5) is 15.3. The number of carbonyl (C=O) groups is 1. The molecule has 82 valence electrons. The van der Waals surface area contributed by atoms with E-state index in [-0.39, 0.29) is 0 Å². The molecule has 2 aromatic rings. The number of benzene rings is 1. The number of rotatable bonds is 3. The van der Waals surface area contributed by atoms with E-state index < -0.39 is 5.97 Å². The van der Waals surface area contributed by atoms with Gasteiger partial charge in [-0.1, -0.05) is 0 Å². The zero-order valence-electron chi connectivity index (χ0n) is 8.64. The average Bonchev–Trinajstić information content (AvgIpc) is 2.96. The van der Waals surface area contributed by atoms with Gasteiger partial charge < -0.3 is 5.11 Å². The second-order valence-electron chi connectivity index (χ2n) is 4.24. The van der Waals surface area contributed by atoms with Gasteiger partial charge in [0, 0.05) is 6.42 Å². The molecule has 3 nitrogen and oxygen atoms in total. The van der Waals surface area contributed by atoms with Crippen molar-refractivity contribution in [3.05, 3.63) is 28.8 Å². The number of carboxylic acid groups (broad SMARTS) is 1. The molecule has 1 aliphatic carbocycles. The summed E-state index contributed by atoms with van der Waals surface area (Å²) in [6.07, 6.45) is 3.69. The molecule has 0 unspecified atom stereocenters. The summed E-state index contributed by atoms with van der Waals surface area (Å²) < 4.78 is 0.982. The van der Waals surface area contributed by atoms with Gasteiger partial charge in [-0.15, -0.1) is 11.3 Å². The highest BCUT2D eigenvalue weighted by atomic mass is 32.1. The highest BCUT2D eigenvalue weighted by molar-refractivity contribution is 7.18. The molecule has 0 radical (unpaired) electrons. The number of aromatic nitrogens is 1. The Morgan fingerprint density at radius 2 is 2.31 bits per heavy atom. The van der Waals surface area contributed by atoms with E-state index >= 15 is 0 Å². The van der Waals surface area contributed by atoms with Crippen LogP contribution in [0.3, 0.4) is 0 Å². The fourth-order valence-corrected chi connectivity index (χ4v) is 2.88. The largest absolute Gasteiger partial charge is 0.478 e. The molecule has 0 aliphatic heterocycles. The number of carboxylic acids is 1. The van der Waals surface area contributed by atoms with Gasteiger partial charge in [0.2, 0.25) is 0 Å². The maximum absolute atomic E-state index is 10.8. The molecule has 1 heterocycles. The van der Waals surface area contributed by atoms with E-state index in [9.17, 15) is 4.79 Å². The Morgan fingerprint density at radius 1 is 1.50 bits per heavy atom. The van der Waals surface area contributed by atoms with Crippen molar-refractivity contribution in [1.82, 2.24) is 4.98 Å². The van der Waals surface area contributed by atoms with Crippen molar-refractivity contribution in [3.8, 4) is 0 Å². The Balaban J connectivity index is 1.99. The minimum absolute atomic E-state index is 0.342. The van der Waals surface area contributed by atoms with E-state index in [1.54, 1.807) is 29.5 Å². The number of hydrogen-bond donors (Lipinski definition) is 1. The van der Waals surface area contributed by atoms with Gasteiger partial charge in [0.1, 0.15) is 0 Å². The van der Waals surface area contributed by atoms with E-state index in [0.29, 0.717) is 5.56 Å². The van der Waals surface area contributed by atoms with Gasteiger partial charge in [-0.2, -0.15) is 0 Å². The molecule has 3 rings (SSSR count). The Morgan fingerprint density at radius 3 is 3.00 bits per heavy atom. The number of aromatic carboxylic acids is 1. The molecule has 1 fully saturated rings. The van der Waals surface area contributed by atoms with Crippen LogP contribution in [0.5, 0.6) is 0 Å². The maximum Gasteiger partial charge on any atom is 0.335 e. The lowest BCUT2D eigenvalue weighted by molar-refractivity contribution is 0.0697. The molecule has 1 N–H and O–H groups in total. The van der Waals surface area contributed by atoms with Crippen LogP contribution < -0.4 is 0 Å². The predicted molar refractivity (Wildman–Crippen MR) is 63.0 cm³/mol. The standard InChI is InChI=1S/C12H11NO2S/c14-12(15)8-3-4-9-10(6-8)16-11(13-9)5-7-1-2-7/h3-4,6-7H,1-2,5H2,(H,14,15). The third kappa shape index (κ3) is 1.80. The van der Waals surface area contributed by atoms with Crippen molar-refractivity contribution in [3.63, 3.8) is 0 Å². The minimum Gasteiger partial charge on any atom is -0.478 e. The first-order valence-corrected chi connectivity index (χ1v) is 6.17. The van der Waals surface area contributed by atoms with Gasteiger partial charge in [-0.3, -0.25) is 0 Å². The Bertz CT molecular complexity index is 557. The smallest absolute Gasteiger partial charge is 0.335 e. The van der Waals surface area contributed by atoms with Crippen LogP contribution in [0, 0.1) is 5.92 Å². The third-order valence-electron chi connectivity index (χ3n) is 2.84. The van der Waals surface area contributed by atoms with E-state index in [1.807, 2.05) is 0 Å². The van der Waals surface area contributed by atoms with Crippen LogP contribution in [0.2, 0.25) is 0 Å². The van der Waals surface area contributed by atoms with Crippen molar-refractivity contribution < 1.29 is 9.90 Å². The van der Waals surface area contributed by atoms with E-state index in [2.05, 4.69) is 4.98 Å². The summed E-state index contributed by atoms with van der Waals surface area (Å²) in [6, 6.07) is 5.13. The van der Waals surface area contributed by atoms with Gasteiger partial charge >= 0.3 is 5.97 Å². The number of hydrogen-bond acceptors (Lipinski definition) is 3. The van der Waals surface area contributed by atoms with Crippen molar-refractivity contribution in [2.75, 3.05) is 0 Å². The first-order valence-electron chi connectivity index (χ1n) is 5.35. The summed E-state index contributed by atoms with van der Waals surface area (Å²) in [6.45, 7) is 0. The van der Waals surface area contributed by atoms with Crippen LogP contribution in [0.1, 0.15) is 28.2 Å². The van der Waals surface area contributed by atoms with Crippen LogP contribution in [-0.4, -0.2) is 16.1 Å². The predicted octanol–water partition coefficient (Wildman–Crippen LogP) is 2.95. The number of nitrogens with zero attached hydrogens (tertiary/aromatic N) is 1. The van der Waals surface area contributed by atoms with Crippen LogP contribution in [0.4, 0.5) is 0 Å². The van der Waals surface area contributed by atoms with E-state index in [1.165, 1.54) is 12.8 Å². The quantitative estimate of drug-likeness (QED) is 0.886. The molecule has 0 atom stereocenters. The third-order valence-corrected chi connectivity index (χ3v) is 3.88. The summed E-state index contributed by atoms with van der Waals surface area (Å²) in [5, 5.41) is 10.0. The highest BCUT2D eigenvalue weighted by Gasteiger charge is 2.23. The van der Waals surface area contributed by atoms with Gasteiger partial charge in [-0.05, 0) is 37.0 Å². The first kappa shape index (κ1) is 9.78. The molecule has 0 spiro atoms. The number of fused-ring (bicyclic) bond motifs is 1. The molecule has 1 saturated carbocycles. The Labute approximate surface area is 96.7 Å². The van der Waals surface area contributed by atoms with Crippen molar-refractivity contribution in [2.45, 2.75) is 19.3 Å². The molecular formula is C12H11NO2S. The lowest BCUT2D eigenvalue weighted by atomic mass is 10.2. The highest BCUT2D eigenvalue weighted by Crippen LogP contribution is 2.35. The zero-order valence-corrected chi connectivity index (χ0v) is 9.46. The molecule has 1 aromatic heterocycles. The van der Waals surface area contributed by atoms with Crippen molar-refractivity contribution in [2.24, 2.45) is 5.92 Å². The molecule has 4 heteroatoms. The number of thiazole rings is 1. The first-order chi connectivity index (χ1) is 7.72. The topological polar surface area (TPSA) is 50.2 Å². The van der Waals surface area contributed by atoms with Gasteiger partial charge in [0.15, 0.2) is 0 Å². The molecule has 0 bridgehead atoms. The van der Waals surface area contributed by atoms with E-state index in [4.69, 9.17) is 5.11 Å². The molecule has 1 aromatic carbocycles. The fraction of sp³-hybridized carbons (Fsp3) is 0.333. The lowest BCUT2D eigenvalue weighted by Crippen LogP contribution is -1.94. The van der Waals surface area contributed by atoms with Gasteiger partial charge in [-0.25, -0.2) is 9.78 Å². The molecule has 1 aliphatic rings. The second kappa shape index (κ2) is 3.56. The molecule has 16 heavy (non-hydrogen) atoms. The summed E-state index contributed by atoms with van der Waals surface area (Å²) >= 11 is 1.62. The van der Waals surface area contributed by atoms with Crippen molar-refractivity contribution in [1.29, 1.82) is 0 Å². The maximum atomic E-state index is 10.8. The monoisotopic (exact) mass is 233 g/mol. The minimum atomic E-state index is -0.876. The van der Waals surface area contributed by atoms with Gasteiger partial charge in [0.25, 0.3) is 0 Å². The van der Waals surface area contributed by atoms with Crippen LogP contribution in [0.15, 0.2) is 18.2 Å². The zero-order chi connectivity index (χ0) is 11.1. The average molecular weight is 233 g/mol. The summed E-state index contributed by atoms with van der Waals surface area (Å²) in [7, 11) is 0. The Kier molecular flexibility index (Phi) is 2.17. The molecular weight excluding hydrogens is 222 g/mol. The van der Waals surface area contributed by atoms with Crippen LogP contribution in [0.25, 0.3) is 10.2 Å². The Hall–Kier alpha value is -1.42. The summed E-state index contributed by atoms with van der Waals surface area (Å²) in [5.41, 5.74) is 1.26. The SMILES string of the molecule is O=C(O)c1ccc2nc(CC3CC3)sc2c1. The summed E-state index contributed by atoms with van der Waals surface area (Å²) in [5.74, 6) is -0.0569. The van der Waals surface area contributed by atoms with Crippen LogP contribution in [-0.2, 0) is 6.42 Å². The lowest BCUT2D eigenvalue weighted by Gasteiger charge is -1.91. The second-order valence-corrected chi connectivity index (χ2v) is 5.36. The van der Waals surface area contributed by atoms with Crippen LogP contribution >= 0.6 is 11.3 Å².